The molecule has 0 saturated carbocycles. The van der Waals surface area contributed by atoms with Gasteiger partial charge in [0.2, 0.25) is 0 Å². The van der Waals surface area contributed by atoms with Crippen LogP contribution in [0.5, 0.6) is 0 Å². The van der Waals surface area contributed by atoms with Crippen LogP contribution in [-0.4, -0.2) is 35.8 Å². The van der Waals surface area contributed by atoms with Gasteiger partial charge in [0, 0.05) is 12.5 Å². The third kappa shape index (κ3) is 7.25. The predicted molar refractivity (Wildman–Crippen MR) is 122 cm³/mol. The second-order valence-corrected chi connectivity index (χ2v) is 10.8. The van der Waals surface area contributed by atoms with Crippen LogP contribution < -0.4 is 0 Å². The van der Waals surface area contributed by atoms with Gasteiger partial charge in [-0.3, -0.25) is 4.79 Å². The quantitative estimate of drug-likeness (QED) is 0.263. The number of esters is 1. The Morgan fingerprint density at radius 1 is 1.23 bits per heavy atom. The maximum Gasteiger partial charge on any atom is 0.311 e. The number of carbonyl (C=O) groups is 1. The molecule has 0 N–H and O–H groups in total. The first kappa shape index (κ1) is 25.2. The number of carbonyl (C=O) groups excluding carboxylic acids is 1. The zero-order valence-corrected chi connectivity index (χ0v) is 20.3. The second-order valence-electron chi connectivity index (χ2n) is 10.3. The SMILES string of the molecule is CC(C)(C)C(=O)OC[C@H](CCCOCc1ccccc1)[C@@]1(C)CC[C@H](Cl)C(C)(C)O1. The monoisotopic (exact) mass is 438 g/mol. The summed E-state index contributed by atoms with van der Waals surface area (Å²) in [6.45, 7) is 13.5. The molecule has 0 radical (unpaired) electrons. The van der Waals surface area contributed by atoms with Crippen molar-refractivity contribution >= 4 is 17.6 Å². The lowest BCUT2D eigenvalue weighted by atomic mass is 9.77. The number of hydrogen-bond acceptors (Lipinski definition) is 4. The molecule has 0 unspecified atom stereocenters. The average Bonchev–Trinajstić information content (AvgIpc) is 2.66. The van der Waals surface area contributed by atoms with Gasteiger partial charge in [0.05, 0.1) is 35.2 Å². The van der Waals surface area contributed by atoms with E-state index in [2.05, 4.69) is 19.1 Å². The highest BCUT2D eigenvalue weighted by Gasteiger charge is 2.47. The van der Waals surface area contributed by atoms with Crippen molar-refractivity contribution in [2.45, 2.75) is 90.4 Å². The third-order valence-electron chi connectivity index (χ3n) is 5.99. The number of alkyl halides is 1. The van der Waals surface area contributed by atoms with Crippen LogP contribution in [0.1, 0.15) is 72.8 Å². The average molecular weight is 439 g/mol. The van der Waals surface area contributed by atoms with E-state index in [0.29, 0.717) is 19.8 Å². The van der Waals surface area contributed by atoms with Gasteiger partial charge in [0.25, 0.3) is 0 Å². The molecule has 1 saturated heterocycles. The zero-order chi connectivity index (χ0) is 22.4. The van der Waals surface area contributed by atoms with E-state index in [1.165, 1.54) is 5.56 Å². The fraction of sp³-hybridized carbons (Fsp3) is 0.720. The molecule has 1 fully saturated rings. The number of rotatable bonds is 9. The van der Waals surface area contributed by atoms with Crippen LogP contribution in [0.15, 0.2) is 30.3 Å². The normalized spacial score (nSPS) is 25.0. The Bertz CT molecular complexity index is 667. The smallest absolute Gasteiger partial charge is 0.311 e. The first-order valence-electron chi connectivity index (χ1n) is 11.1. The van der Waals surface area contributed by atoms with Crippen molar-refractivity contribution in [1.82, 2.24) is 0 Å². The molecule has 2 rings (SSSR count). The molecule has 1 aromatic rings. The molecule has 1 heterocycles. The number of halogens is 1. The zero-order valence-electron chi connectivity index (χ0n) is 19.5. The number of benzene rings is 1. The number of hydrogen-bond donors (Lipinski definition) is 0. The van der Waals surface area contributed by atoms with Gasteiger partial charge < -0.3 is 14.2 Å². The van der Waals surface area contributed by atoms with E-state index in [1.54, 1.807) is 0 Å². The maximum absolute atomic E-state index is 12.4. The Balaban J connectivity index is 1.95. The summed E-state index contributed by atoms with van der Waals surface area (Å²) < 4.78 is 18.1. The summed E-state index contributed by atoms with van der Waals surface area (Å²) in [7, 11) is 0. The molecular formula is C25H39ClO4. The topological polar surface area (TPSA) is 44.8 Å². The fourth-order valence-corrected chi connectivity index (χ4v) is 4.07. The van der Waals surface area contributed by atoms with E-state index in [1.807, 2.05) is 52.8 Å². The van der Waals surface area contributed by atoms with Gasteiger partial charge in [-0.2, -0.15) is 0 Å². The van der Waals surface area contributed by atoms with Gasteiger partial charge in [-0.05, 0) is 72.8 Å². The van der Waals surface area contributed by atoms with Crippen molar-refractivity contribution < 1.29 is 19.0 Å². The van der Waals surface area contributed by atoms with Crippen LogP contribution in [0, 0.1) is 11.3 Å². The summed E-state index contributed by atoms with van der Waals surface area (Å²) in [6, 6.07) is 10.2. The molecule has 5 heteroatoms. The van der Waals surface area contributed by atoms with E-state index in [-0.39, 0.29) is 22.9 Å². The number of ether oxygens (including phenoxy) is 3. The Kier molecular flexibility index (Phi) is 8.79. The summed E-state index contributed by atoms with van der Waals surface area (Å²) in [5.74, 6) is -0.0886. The van der Waals surface area contributed by atoms with Gasteiger partial charge in [0.1, 0.15) is 0 Å². The molecule has 30 heavy (non-hydrogen) atoms. The maximum atomic E-state index is 12.4. The van der Waals surface area contributed by atoms with Crippen molar-refractivity contribution in [1.29, 1.82) is 0 Å². The largest absolute Gasteiger partial charge is 0.465 e. The molecule has 1 aromatic carbocycles. The molecule has 0 amide bonds. The van der Waals surface area contributed by atoms with Crippen LogP contribution in [0.4, 0.5) is 0 Å². The first-order valence-corrected chi connectivity index (χ1v) is 11.5. The summed E-state index contributed by atoms with van der Waals surface area (Å²) in [4.78, 5) is 12.4. The van der Waals surface area contributed by atoms with Crippen molar-refractivity contribution in [2.75, 3.05) is 13.2 Å². The van der Waals surface area contributed by atoms with Crippen molar-refractivity contribution in [2.24, 2.45) is 11.3 Å². The molecule has 4 nitrogen and oxygen atoms in total. The highest BCUT2D eigenvalue weighted by molar-refractivity contribution is 6.21. The molecule has 0 spiro atoms. The van der Waals surface area contributed by atoms with Crippen LogP contribution >= 0.6 is 11.6 Å². The molecule has 0 bridgehead atoms. The molecular weight excluding hydrogens is 400 g/mol. The summed E-state index contributed by atoms with van der Waals surface area (Å²) in [6.07, 6.45) is 3.49. The highest BCUT2D eigenvalue weighted by atomic mass is 35.5. The van der Waals surface area contributed by atoms with Gasteiger partial charge in [-0.1, -0.05) is 30.3 Å². The van der Waals surface area contributed by atoms with Crippen molar-refractivity contribution in [3.05, 3.63) is 35.9 Å². The minimum atomic E-state index is -0.516. The Morgan fingerprint density at radius 2 is 1.90 bits per heavy atom. The van der Waals surface area contributed by atoms with Gasteiger partial charge >= 0.3 is 5.97 Å². The molecule has 1 aliphatic heterocycles. The molecule has 3 atom stereocenters. The third-order valence-corrected chi connectivity index (χ3v) is 6.73. The van der Waals surface area contributed by atoms with Gasteiger partial charge in [0.15, 0.2) is 0 Å². The van der Waals surface area contributed by atoms with Crippen LogP contribution in [0.3, 0.4) is 0 Å². The summed E-state index contributed by atoms with van der Waals surface area (Å²) in [5.41, 5.74) is -0.138. The Labute approximate surface area is 187 Å². The van der Waals surface area contributed by atoms with Crippen molar-refractivity contribution in [3.8, 4) is 0 Å². The molecule has 0 aromatic heterocycles. The van der Waals surface area contributed by atoms with Crippen LogP contribution in [-0.2, 0) is 25.6 Å². The first-order chi connectivity index (χ1) is 13.9. The summed E-state index contributed by atoms with van der Waals surface area (Å²) in [5, 5.41) is -0.0162. The lowest BCUT2D eigenvalue weighted by Crippen LogP contribution is -2.54. The Hall–Kier alpha value is -1.10. The Morgan fingerprint density at radius 3 is 2.50 bits per heavy atom. The van der Waals surface area contributed by atoms with Crippen LogP contribution in [0.25, 0.3) is 0 Å². The van der Waals surface area contributed by atoms with E-state index >= 15 is 0 Å². The van der Waals surface area contributed by atoms with Crippen molar-refractivity contribution in [3.63, 3.8) is 0 Å². The van der Waals surface area contributed by atoms with Gasteiger partial charge in [-0.25, -0.2) is 0 Å². The molecule has 170 valence electrons. The molecule has 0 aliphatic carbocycles. The molecule has 1 aliphatic rings. The lowest BCUT2D eigenvalue weighted by molar-refractivity contribution is -0.200. The van der Waals surface area contributed by atoms with E-state index in [4.69, 9.17) is 25.8 Å². The summed E-state index contributed by atoms with van der Waals surface area (Å²) >= 11 is 6.50. The van der Waals surface area contributed by atoms with E-state index < -0.39 is 11.0 Å². The second kappa shape index (κ2) is 10.5. The fourth-order valence-electron chi connectivity index (χ4n) is 3.92. The minimum absolute atomic E-state index is 0.0162. The van der Waals surface area contributed by atoms with E-state index in [0.717, 1.165) is 25.7 Å². The minimum Gasteiger partial charge on any atom is -0.465 e. The van der Waals surface area contributed by atoms with Gasteiger partial charge in [-0.15, -0.1) is 11.6 Å². The standard InChI is InChI=1S/C25H39ClO4/c1-23(2,3)22(27)29-18-20(25(6)15-14-21(26)24(4,5)30-25)13-10-16-28-17-19-11-8-7-9-12-19/h7-9,11-12,20-21H,10,13-18H2,1-6H3/t20-,21-,25+/m0/s1. The predicted octanol–water partition coefficient (Wildman–Crippen LogP) is 6.14. The highest BCUT2D eigenvalue weighted by Crippen LogP contribution is 2.43. The van der Waals surface area contributed by atoms with E-state index in [9.17, 15) is 4.79 Å². The van der Waals surface area contributed by atoms with Crippen LogP contribution in [0.2, 0.25) is 0 Å². The lowest BCUT2D eigenvalue weighted by Gasteiger charge is -2.49.